The second-order valence-electron chi connectivity index (χ2n) is 6.26. The average Bonchev–Trinajstić information content (AvgIpc) is 3.09. The van der Waals surface area contributed by atoms with Crippen LogP contribution in [0.5, 0.6) is 0 Å². The molecule has 0 radical (unpaired) electrons. The maximum absolute atomic E-state index is 11.8. The molecule has 2 N–H and O–H groups in total. The van der Waals surface area contributed by atoms with Gasteiger partial charge in [-0.2, -0.15) is 0 Å². The van der Waals surface area contributed by atoms with Gasteiger partial charge in [-0.25, -0.2) is 14.8 Å². The first-order valence-electron chi connectivity index (χ1n) is 8.60. The third kappa shape index (κ3) is 4.79. The molecule has 2 fully saturated rings. The first-order valence-corrected chi connectivity index (χ1v) is 8.60. The molecule has 126 valence electrons. The van der Waals surface area contributed by atoms with E-state index in [0.29, 0.717) is 12.6 Å². The number of hydrogen-bond donors (Lipinski definition) is 2. The predicted molar refractivity (Wildman–Crippen MR) is 89.5 cm³/mol. The highest BCUT2D eigenvalue weighted by atomic mass is 16.2. The predicted octanol–water partition coefficient (Wildman–Crippen LogP) is 0.840. The molecule has 23 heavy (non-hydrogen) atoms. The van der Waals surface area contributed by atoms with Crippen molar-refractivity contribution in [3.8, 4) is 0 Å². The topological polar surface area (TPSA) is 73.4 Å². The minimum absolute atomic E-state index is 0.0202. The summed E-state index contributed by atoms with van der Waals surface area (Å²) in [6.45, 7) is 5.40. The fourth-order valence-electron chi connectivity index (χ4n) is 3.26. The standard InChI is InChI=1S/C16H26N6O/c23-16(20-14-4-1-2-5-14)19-8-9-21-10-12-22(13-11-21)15-17-6-3-7-18-15/h3,6-7,14H,1-2,4-5,8-13H2,(H2,19,20,23). The Kier molecular flexibility index (Phi) is 5.63. The summed E-state index contributed by atoms with van der Waals surface area (Å²) in [4.78, 5) is 25.0. The molecule has 1 saturated heterocycles. The molecule has 1 aromatic heterocycles. The van der Waals surface area contributed by atoms with Crippen molar-refractivity contribution in [2.24, 2.45) is 0 Å². The van der Waals surface area contributed by atoms with Crippen molar-refractivity contribution in [2.75, 3.05) is 44.2 Å². The van der Waals surface area contributed by atoms with Crippen molar-refractivity contribution in [1.82, 2.24) is 25.5 Å². The van der Waals surface area contributed by atoms with Gasteiger partial charge in [0.15, 0.2) is 0 Å². The summed E-state index contributed by atoms with van der Waals surface area (Å²) in [5.74, 6) is 0.807. The number of nitrogens with one attached hydrogen (secondary N) is 2. The molecule has 0 bridgehead atoms. The van der Waals surface area contributed by atoms with Crippen molar-refractivity contribution >= 4 is 12.0 Å². The smallest absolute Gasteiger partial charge is 0.315 e. The van der Waals surface area contributed by atoms with Crippen LogP contribution >= 0.6 is 0 Å². The van der Waals surface area contributed by atoms with E-state index in [-0.39, 0.29) is 6.03 Å². The van der Waals surface area contributed by atoms with E-state index < -0.39 is 0 Å². The van der Waals surface area contributed by atoms with E-state index in [2.05, 4.69) is 30.4 Å². The van der Waals surface area contributed by atoms with Gasteiger partial charge in [0.1, 0.15) is 0 Å². The van der Waals surface area contributed by atoms with Crippen LogP contribution in [0.3, 0.4) is 0 Å². The summed E-state index contributed by atoms with van der Waals surface area (Å²) in [6.07, 6.45) is 8.28. The lowest BCUT2D eigenvalue weighted by atomic mass is 10.2. The van der Waals surface area contributed by atoms with E-state index in [0.717, 1.165) is 51.5 Å². The maximum Gasteiger partial charge on any atom is 0.315 e. The summed E-state index contributed by atoms with van der Waals surface area (Å²) < 4.78 is 0. The van der Waals surface area contributed by atoms with Crippen molar-refractivity contribution in [2.45, 2.75) is 31.7 Å². The molecule has 2 heterocycles. The Balaban J connectivity index is 1.31. The Morgan fingerprint density at radius 2 is 1.83 bits per heavy atom. The number of amides is 2. The second kappa shape index (κ2) is 8.10. The zero-order valence-electron chi connectivity index (χ0n) is 13.6. The van der Waals surface area contributed by atoms with Gasteiger partial charge in [-0.15, -0.1) is 0 Å². The molecule has 1 saturated carbocycles. The van der Waals surface area contributed by atoms with Crippen LogP contribution < -0.4 is 15.5 Å². The Morgan fingerprint density at radius 1 is 1.13 bits per heavy atom. The van der Waals surface area contributed by atoms with Crippen LogP contribution in [0.25, 0.3) is 0 Å². The molecule has 1 aliphatic carbocycles. The van der Waals surface area contributed by atoms with Crippen molar-refractivity contribution in [3.05, 3.63) is 18.5 Å². The summed E-state index contributed by atoms with van der Waals surface area (Å²) in [5.41, 5.74) is 0. The summed E-state index contributed by atoms with van der Waals surface area (Å²) in [5, 5.41) is 6.02. The molecule has 2 amide bonds. The lowest BCUT2D eigenvalue weighted by molar-refractivity contribution is 0.229. The van der Waals surface area contributed by atoms with E-state index in [9.17, 15) is 4.79 Å². The van der Waals surface area contributed by atoms with Crippen LogP contribution in [-0.4, -0.2) is 66.2 Å². The normalized spacial score (nSPS) is 19.7. The lowest BCUT2D eigenvalue weighted by Gasteiger charge is -2.34. The van der Waals surface area contributed by atoms with Gasteiger partial charge in [-0.1, -0.05) is 12.8 Å². The van der Waals surface area contributed by atoms with Crippen LogP contribution in [0, 0.1) is 0 Å². The molecule has 0 unspecified atom stereocenters. The third-order valence-electron chi connectivity index (χ3n) is 4.61. The van der Waals surface area contributed by atoms with Gasteiger partial charge in [0.2, 0.25) is 5.95 Å². The van der Waals surface area contributed by atoms with Crippen LogP contribution in [0.4, 0.5) is 10.7 Å². The zero-order chi connectivity index (χ0) is 15.9. The molecule has 0 spiro atoms. The highest BCUT2D eigenvalue weighted by Crippen LogP contribution is 2.17. The molecule has 7 nitrogen and oxygen atoms in total. The summed E-state index contributed by atoms with van der Waals surface area (Å²) >= 11 is 0. The van der Waals surface area contributed by atoms with Crippen LogP contribution in [0.2, 0.25) is 0 Å². The lowest BCUT2D eigenvalue weighted by Crippen LogP contribution is -2.50. The molecular formula is C16H26N6O. The molecule has 0 aromatic carbocycles. The number of urea groups is 1. The van der Waals surface area contributed by atoms with Gasteiger partial charge in [0.05, 0.1) is 0 Å². The number of carbonyl (C=O) groups excluding carboxylic acids is 1. The largest absolute Gasteiger partial charge is 0.338 e. The monoisotopic (exact) mass is 318 g/mol. The Hall–Kier alpha value is -1.89. The number of hydrogen-bond acceptors (Lipinski definition) is 5. The molecule has 3 rings (SSSR count). The fraction of sp³-hybridized carbons (Fsp3) is 0.688. The van der Waals surface area contributed by atoms with E-state index in [1.807, 2.05) is 6.07 Å². The number of piperazine rings is 1. The quantitative estimate of drug-likeness (QED) is 0.842. The maximum atomic E-state index is 11.8. The highest BCUT2D eigenvalue weighted by molar-refractivity contribution is 5.74. The van der Waals surface area contributed by atoms with E-state index in [1.54, 1.807) is 12.4 Å². The van der Waals surface area contributed by atoms with Gasteiger partial charge in [0.25, 0.3) is 0 Å². The first-order chi connectivity index (χ1) is 11.3. The molecular weight excluding hydrogens is 292 g/mol. The Labute approximate surface area is 137 Å². The Bertz CT molecular complexity index is 483. The van der Waals surface area contributed by atoms with Crippen LogP contribution in [0.1, 0.15) is 25.7 Å². The minimum atomic E-state index is -0.0202. The highest BCUT2D eigenvalue weighted by Gasteiger charge is 2.19. The zero-order valence-corrected chi connectivity index (χ0v) is 13.6. The number of anilines is 1. The Morgan fingerprint density at radius 3 is 2.52 bits per heavy atom. The number of nitrogens with zero attached hydrogens (tertiary/aromatic N) is 4. The van der Waals surface area contributed by atoms with E-state index in [4.69, 9.17) is 0 Å². The minimum Gasteiger partial charge on any atom is -0.338 e. The average molecular weight is 318 g/mol. The summed E-state index contributed by atoms with van der Waals surface area (Å²) in [6, 6.07) is 2.19. The third-order valence-corrected chi connectivity index (χ3v) is 4.61. The van der Waals surface area contributed by atoms with Crippen molar-refractivity contribution in [1.29, 1.82) is 0 Å². The van der Waals surface area contributed by atoms with Gasteiger partial charge in [-0.05, 0) is 18.9 Å². The number of aromatic nitrogens is 2. The molecule has 0 atom stereocenters. The summed E-state index contributed by atoms with van der Waals surface area (Å²) in [7, 11) is 0. The molecule has 1 aromatic rings. The molecule has 1 aliphatic heterocycles. The number of carbonyl (C=O) groups is 1. The second-order valence-corrected chi connectivity index (χ2v) is 6.26. The van der Waals surface area contributed by atoms with E-state index in [1.165, 1.54) is 12.8 Å². The molecule has 7 heteroatoms. The van der Waals surface area contributed by atoms with E-state index >= 15 is 0 Å². The van der Waals surface area contributed by atoms with Crippen LogP contribution in [-0.2, 0) is 0 Å². The van der Waals surface area contributed by atoms with Crippen molar-refractivity contribution < 1.29 is 4.79 Å². The van der Waals surface area contributed by atoms with Crippen molar-refractivity contribution in [3.63, 3.8) is 0 Å². The van der Waals surface area contributed by atoms with Crippen LogP contribution in [0.15, 0.2) is 18.5 Å². The number of rotatable bonds is 5. The van der Waals surface area contributed by atoms with Gasteiger partial charge >= 0.3 is 6.03 Å². The SMILES string of the molecule is O=C(NCCN1CCN(c2ncccn2)CC1)NC1CCCC1. The molecule has 2 aliphatic rings. The first kappa shape index (κ1) is 16.0. The van der Waals surface area contributed by atoms with Gasteiger partial charge < -0.3 is 15.5 Å². The van der Waals surface area contributed by atoms with Gasteiger partial charge in [-0.3, -0.25) is 4.90 Å². The van der Waals surface area contributed by atoms with Gasteiger partial charge in [0, 0.05) is 57.7 Å². The fourth-order valence-corrected chi connectivity index (χ4v) is 3.26.